The van der Waals surface area contributed by atoms with Gasteiger partial charge in [0.15, 0.2) is 0 Å². The number of aliphatic imine (C=N–C) groups is 1. The zero-order valence-electron chi connectivity index (χ0n) is 7.14. The summed E-state index contributed by atoms with van der Waals surface area (Å²) < 4.78 is 0. The van der Waals surface area contributed by atoms with Crippen molar-refractivity contribution in [3.8, 4) is 0 Å². The molecule has 1 aliphatic rings. The molecule has 1 aliphatic heterocycles. The van der Waals surface area contributed by atoms with Gasteiger partial charge in [-0.25, -0.2) is 0 Å². The van der Waals surface area contributed by atoms with Gasteiger partial charge in [0.05, 0.1) is 11.6 Å². The van der Waals surface area contributed by atoms with E-state index >= 15 is 0 Å². The third-order valence-electron chi connectivity index (χ3n) is 1.06. The van der Waals surface area contributed by atoms with E-state index in [0.717, 1.165) is 6.54 Å². The van der Waals surface area contributed by atoms with Crippen molar-refractivity contribution in [2.24, 2.45) is 4.99 Å². The fraction of sp³-hybridized carbons (Fsp3) is 0.625. The minimum absolute atomic E-state index is 0.913. The molecule has 0 bridgehead atoms. The molecule has 2 heteroatoms. The smallest absolute Gasteiger partial charge is 0.0905 e. The number of rotatable bonds is 0. The molecule has 0 atom stereocenters. The van der Waals surface area contributed by atoms with Gasteiger partial charge in [-0.1, -0.05) is 13.8 Å². The van der Waals surface area contributed by atoms with Crippen molar-refractivity contribution in [1.29, 1.82) is 0 Å². The van der Waals surface area contributed by atoms with Crippen LogP contribution in [0.2, 0.25) is 0 Å². The molecule has 0 saturated carbocycles. The van der Waals surface area contributed by atoms with Crippen LogP contribution < -0.4 is 0 Å². The van der Waals surface area contributed by atoms with Crippen LogP contribution in [0.3, 0.4) is 0 Å². The monoisotopic (exact) mass is 157 g/mol. The molecular weight excluding hydrogens is 142 g/mol. The van der Waals surface area contributed by atoms with E-state index in [1.807, 2.05) is 20.1 Å². The molecule has 0 aliphatic carbocycles. The largest absolute Gasteiger partial charge is 0.274 e. The van der Waals surface area contributed by atoms with Crippen LogP contribution in [-0.2, 0) is 0 Å². The predicted molar refractivity (Wildman–Crippen MR) is 50.9 cm³/mol. The van der Waals surface area contributed by atoms with E-state index in [1.54, 1.807) is 11.8 Å². The average molecular weight is 157 g/mol. The summed E-state index contributed by atoms with van der Waals surface area (Å²) in [5.41, 5.74) is 1.37. The zero-order valence-corrected chi connectivity index (χ0v) is 7.96. The van der Waals surface area contributed by atoms with Gasteiger partial charge in [0.2, 0.25) is 0 Å². The third kappa shape index (κ3) is 3.06. The van der Waals surface area contributed by atoms with Crippen molar-refractivity contribution < 1.29 is 0 Å². The Kier molecular flexibility index (Phi) is 5.40. The molecule has 1 nitrogen and oxygen atoms in total. The fourth-order valence-corrected chi connectivity index (χ4v) is 1.14. The number of nitrogens with zero attached hydrogens (tertiary/aromatic N) is 1. The highest BCUT2D eigenvalue weighted by Crippen LogP contribution is 2.10. The van der Waals surface area contributed by atoms with Gasteiger partial charge in [0, 0.05) is 0 Å². The molecule has 0 N–H and O–H groups in total. The molecule has 58 valence electrons. The maximum Gasteiger partial charge on any atom is 0.0905 e. The van der Waals surface area contributed by atoms with Gasteiger partial charge in [-0.15, -0.1) is 11.8 Å². The number of hydrogen-bond acceptors (Lipinski definition) is 2. The SMILES string of the molecule is CC.CSC1=NCC(C)=C1. The minimum atomic E-state index is 0.913. The first-order valence-corrected chi connectivity index (χ1v) is 4.81. The molecule has 0 unspecified atom stereocenters. The van der Waals surface area contributed by atoms with E-state index in [1.165, 1.54) is 10.6 Å². The molecule has 0 amide bonds. The molecular formula is C8H15NS. The topological polar surface area (TPSA) is 12.4 Å². The van der Waals surface area contributed by atoms with Crippen LogP contribution in [0.25, 0.3) is 0 Å². The maximum absolute atomic E-state index is 4.22. The molecule has 0 aromatic rings. The van der Waals surface area contributed by atoms with Gasteiger partial charge in [-0.2, -0.15) is 0 Å². The minimum Gasteiger partial charge on any atom is -0.274 e. The van der Waals surface area contributed by atoms with E-state index in [2.05, 4.69) is 18.0 Å². The second-order valence-electron chi connectivity index (χ2n) is 1.85. The summed E-state index contributed by atoms with van der Waals surface area (Å²) in [6.45, 7) is 7.02. The highest BCUT2D eigenvalue weighted by atomic mass is 32.2. The lowest BCUT2D eigenvalue weighted by Crippen LogP contribution is -1.76. The first kappa shape index (κ1) is 9.76. The van der Waals surface area contributed by atoms with Crippen LogP contribution in [0, 0.1) is 0 Å². The molecule has 0 aromatic heterocycles. The van der Waals surface area contributed by atoms with Gasteiger partial charge in [0.1, 0.15) is 0 Å². The second-order valence-corrected chi connectivity index (χ2v) is 2.68. The Balaban J connectivity index is 0.000000371. The van der Waals surface area contributed by atoms with Crippen molar-refractivity contribution in [3.05, 3.63) is 11.6 Å². The first-order valence-electron chi connectivity index (χ1n) is 3.58. The van der Waals surface area contributed by atoms with Crippen molar-refractivity contribution in [2.45, 2.75) is 20.8 Å². The molecule has 10 heavy (non-hydrogen) atoms. The zero-order chi connectivity index (χ0) is 7.98. The predicted octanol–water partition coefficient (Wildman–Crippen LogP) is 2.73. The second kappa shape index (κ2) is 5.54. The Morgan fingerprint density at radius 1 is 1.50 bits per heavy atom. The summed E-state index contributed by atoms with van der Waals surface area (Å²) in [4.78, 5) is 4.22. The van der Waals surface area contributed by atoms with E-state index < -0.39 is 0 Å². The summed E-state index contributed by atoms with van der Waals surface area (Å²) in [5.74, 6) is 0. The van der Waals surface area contributed by atoms with Gasteiger partial charge in [-0.3, -0.25) is 4.99 Å². The Bertz CT molecular complexity index is 147. The van der Waals surface area contributed by atoms with Crippen LogP contribution in [0.15, 0.2) is 16.6 Å². The fourth-order valence-electron chi connectivity index (χ4n) is 0.628. The van der Waals surface area contributed by atoms with E-state index in [0.29, 0.717) is 0 Å². The van der Waals surface area contributed by atoms with Crippen LogP contribution in [-0.4, -0.2) is 17.8 Å². The van der Waals surface area contributed by atoms with Crippen molar-refractivity contribution in [1.82, 2.24) is 0 Å². The van der Waals surface area contributed by atoms with Crippen LogP contribution >= 0.6 is 11.8 Å². The molecule has 0 fully saturated rings. The molecule has 0 radical (unpaired) electrons. The summed E-state index contributed by atoms with van der Waals surface area (Å²) in [6.07, 6.45) is 4.18. The highest BCUT2D eigenvalue weighted by Gasteiger charge is 2.00. The van der Waals surface area contributed by atoms with Gasteiger partial charge < -0.3 is 0 Å². The normalized spacial score (nSPS) is 15.2. The van der Waals surface area contributed by atoms with E-state index in [-0.39, 0.29) is 0 Å². The van der Waals surface area contributed by atoms with Crippen LogP contribution in [0.1, 0.15) is 20.8 Å². The van der Waals surface area contributed by atoms with E-state index in [4.69, 9.17) is 0 Å². The van der Waals surface area contributed by atoms with Crippen molar-refractivity contribution in [2.75, 3.05) is 12.8 Å². The Morgan fingerprint density at radius 3 is 2.30 bits per heavy atom. The van der Waals surface area contributed by atoms with E-state index in [9.17, 15) is 0 Å². The summed E-state index contributed by atoms with van der Waals surface area (Å²) >= 11 is 1.71. The Morgan fingerprint density at radius 2 is 2.10 bits per heavy atom. The highest BCUT2D eigenvalue weighted by molar-refractivity contribution is 8.13. The maximum atomic E-state index is 4.22. The summed E-state index contributed by atoms with van der Waals surface area (Å²) in [5, 5.41) is 1.17. The summed E-state index contributed by atoms with van der Waals surface area (Å²) in [6, 6.07) is 0. The van der Waals surface area contributed by atoms with Gasteiger partial charge in [0.25, 0.3) is 0 Å². The third-order valence-corrected chi connectivity index (χ3v) is 1.73. The standard InChI is InChI=1S/C6H9NS.C2H6/c1-5-3-6(8-2)7-4-5;1-2/h3H,4H2,1-2H3;1-2H3. The van der Waals surface area contributed by atoms with Crippen molar-refractivity contribution in [3.63, 3.8) is 0 Å². The molecule has 1 heterocycles. The molecule has 1 rings (SSSR count). The average Bonchev–Trinajstić information content (AvgIpc) is 2.40. The lowest BCUT2D eigenvalue weighted by molar-refractivity contribution is 1.18. The first-order chi connectivity index (χ1) is 4.83. The lowest BCUT2D eigenvalue weighted by Gasteiger charge is -1.82. The number of thioether (sulfide) groups is 1. The van der Waals surface area contributed by atoms with Crippen LogP contribution in [0.5, 0.6) is 0 Å². The quantitative estimate of drug-likeness (QED) is 0.526. The molecule has 0 spiro atoms. The van der Waals surface area contributed by atoms with Gasteiger partial charge in [-0.05, 0) is 24.8 Å². The van der Waals surface area contributed by atoms with Crippen LogP contribution in [0.4, 0.5) is 0 Å². The van der Waals surface area contributed by atoms with Crippen molar-refractivity contribution >= 4 is 16.8 Å². The molecule has 0 saturated heterocycles. The summed E-state index contributed by atoms with van der Waals surface area (Å²) in [7, 11) is 0. The number of hydrogen-bond donors (Lipinski definition) is 0. The Hall–Kier alpha value is -0.240. The molecule has 0 aromatic carbocycles. The Labute approximate surface area is 67.6 Å². The lowest BCUT2D eigenvalue weighted by atomic mass is 10.3. The van der Waals surface area contributed by atoms with Gasteiger partial charge >= 0.3 is 0 Å².